The Hall–Kier alpha value is -2.44. The van der Waals surface area contributed by atoms with E-state index in [0.717, 1.165) is 31.2 Å². The first-order valence-corrected chi connectivity index (χ1v) is 10.2. The first kappa shape index (κ1) is 17.6. The Labute approximate surface area is 177 Å². The Bertz CT molecular complexity index is 1030. The quantitative estimate of drug-likeness (QED) is 0.354. The molecule has 0 bridgehead atoms. The summed E-state index contributed by atoms with van der Waals surface area (Å²) in [5, 5.41) is 0. The van der Waals surface area contributed by atoms with E-state index in [1.165, 1.54) is 0 Å². The van der Waals surface area contributed by atoms with Crippen LogP contribution in [0, 0.1) is 0 Å². The minimum Gasteiger partial charge on any atom is -0.425 e. The van der Waals surface area contributed by atoms with Gasteiger partial charge in [-0.1, -0.05) is 56.1 Å². The molecule has 5 rings (SSSR count). The Balaban J connectivity index is 1.59. The molecule has 2 unspecified atom stereocenters. The Morgan fingerprint density at radius 3 is 1.32 bits per heavy atom. The van der Waals surface area contributed by atoms with Crippen molar-refractivity contribution in [3.8, 4) is 11.5 Å². The first-order valence-electron chi connectivity index (χ1n) is 8.63. The van der Waals surface area contributed by atoms with Gasteiger partial charge in [0.15, 0.2) is 0 Å². The van der Waals surface area contributed by atoms with E-state index in [4.69, 9.17) is 9.47 Å². The molecule has 2 aliphatic heterocycles. The van der Waals surface area contributed by atoms with Crippen LogP contribution in [0.4, 0.5) is 0 Å². The van der Waals surface area contributed by atoms with Gasteiger partial charge in [0.25, 0.3) is 0 Å². The van der Waals surface area contributed by atoms with Gasteiger partial charge in [-0.15, -0.1) is 0 Å². The summed E-state index contributed by atoms with van der Waals surface area (Å²) in [4.78, 5) is 25.1. The summed E-state index contributed by atoms with van der Waals surface area (Å²) in [5.41, 5.74) is 3.10. The zero-order valence-electron chi connectivity index (χ0n) is 14.3. The zero-order valence-corrected chi connectivity index (χ0v) is 17.5. The normalized spacial score (nSPS) is 19.8. The highest BCUT2D eigenvalue weighted by atomic mass is 79.9. The fourth-order valence-corrected chi connectivity index (χ4v) is 4.28. The van der Waals surface area contributed by atoms with Gasteiger partial charge in [0, 0.05) is 20.1 Å². The lowest BCUT2D eigenvalue weighted by atomic mass is 9.88. The zero-order chi connectivity index (χ0) is 19.4. The van der Waals surface area contributed by atoms with Gasteiger partial charge in [-0.25, -0.2) is 0 Å². The van der Waals surface area contributed by atoms with Crippen molar-refractivity contribution in [1.29, 1.82) is 0 Å². The van der Waals surface area contributed by atoms with E-state index in [2.05, 4.69) is 31.9 Å². The van der Waals surface area contributed by atoms with E-state index in [1.807, 2.05) is 48.5 Å². The van der Waals surface area contributed by atoms with Crippen LogP contribution in [-0.4, -0.2) is 11.9 Å². The van der Waals surface area contributed by atoms with Crippen molar-refractivity contribution in [3.05, 3.63) is 91.9 Å². The molecule has 0 aliphatic carbocycles. The summed E-state index contributed by atoms with van der Waals surface area (Å²) in [6, 6.07) is 18.6. The van der Waals surface area contributed by atoms with Crippen molar-refractivity contribution in [2.75, 3.05) is 0 Å². The van der Waals surface area contributed by atoms with Crippen LogP contribution < -0.4 is 9.47 Å². The van der Waals surface area contributed by atoms with Crippen molar-refractivity contribution < 1.29 is 19.1 Å². The van der Waals surface area contributed by atoms with E-state index in [1.54, 1.807) is 12.1 Å². The summed E-state index contributed by atoms with van der Waals surface area (Å²) in [6.07, 6.45) is 0. The Kier molecular flexibility index (Phi) is 4.14. The molecule has 0 N–H and O–H groups in total. The Morgan fingerprint density at radius 2 is 0.964 bits per heavy atom. The summed E-state index contributed by atoms with van der Waals surface area (Å²) in [7, 11) is 0. The highest BCUT2D eigenvalue weighted by molar-refractivity contribution is 9.10. The number of halogens is 2. The molecule has 3 aromatic rings. The largest absolute Gasteiger partial charge is 0.425 e. The minimum absolute atomic E-state index is 0.326. The van der Waals surface area contributed by atoms with Crippen LogP contribution >= 0.6 is 31.9 Å². The summed E-state index contributed by atoms with van der Waals surface area (Å²) in [5.74, 6) is -0.744. The van der Waals surface area contributed by atoms with E-state index >= 15 is 0 Å². The van der Waals surface area contributed by atoms with Gasteiger partial charge < -0.3 is 9.47 Å². The van der Waals surface area contributed by atoms with Crippen LogP contribution in [0.5, 0.6) is 11.5 Å². The molecule has 2 heterocycles. The number of carbonyl (C=O) groups excluding carboxylic acids is 2. The van der Waals surface area contributed by atoms with Crippen LogP contribution in [-0.2, 0) is 9.59 Å². The first-order chi connectivity index (χ1) is 13.5. The maximum atomic E-state index is 12.6. The maximum absolute atomic E-state index is 12.6. The fraction of sp³-hybridized carbons (Fsp3) is 0.0909. The number of ether oxygens (including phenoxy) is 2. The molecule has 0 aromatic heterocycles. The van der Waals surface area contributed by atoms with Gasteiger partial charge in [-0.3, -0.25) is 9.59 Å². The van der Waals surface area contributed by atoms with Gasteiger partial charge in [0.2, 0.25) is 0 Å². The third-order valence-electron chi connectivity index (χ3n) is 5.06. The molecule has 0 amide bonds. The highest BCUT2D eigenvalue weighted by Gasteiger charge is 2.41. The molecule has 138 valence electrons. The lowest BCUT2D eigenvalue weighted by Gasteiger charge is -2.10. The molecule has 0 spiro atoms. The molecule has 0 radical (unpaired) electrons. The van der Waals surface area contributed by atoms with Gasteiger partial charge in [0.1, 0.15) is 23.3 Å². The summed E-state index contributed by atoms with van der Waals surface area (Å²) < 4.78 is 13.0. The van der Waals surface area contributed by atoms with Crippen LogP contribution in [0.1, 0.15) is 34.1 Å². The van der Waals surface area contributed by atoms with Crippen molar-refractivity contribution in [1.82, 2.24) is 0 Å². The van der Waals surface area contributed by atoms with Crippen molar-refractivity contribution in [2.45, 2.75) is 11.8 Å². The van der Waals surface area contributed by atoms with Gasteiger partial charge >= 0.3 is 11.9 Å². The van der Waals surface area contributed by atoms with Crippen LogP contribution in [0.3, 0.4) is 0 Å². The van der Waals surface area contributed by atoms with E-state index < -0.39 is 11.8 Å². The average molecular weight is 500 g/mol. The predicted octanol–water partition coefficient (Wildman–Crippen LogP) is 5.31. The molecule has 4 nitrogen and oxygen atoms in total. The number of fused-ring (bicyclic) bond motifs is 2. The van der Waals surface area contributed by atoms with Crippen molar-refractivity contribution in [2.24, 2.45) is 0 Å². The highest BCUT2D eigenvalue weighted by Crippen LogP contribution is 2.48. The summed E-state index contributed by atoms with van der Waals surface area (Å²) >= 11 is 6.81. The number of hydrogen-bond acceptors (Lipinski definition) is 4. The van der Waals surface area contributed by atoms with Crippen molar-refractivity contribution >= 4 is 43.8 Å². The molecule has 3 aromatic carbocycles. The molecule has 6 heteroatoms. The van der Waals surface area contributed by atoms with Crippen LogP contribution in [0.25, 0.3) is 0 Å². The third kappa shape index (κ3) is 2.79. The van der Waals surface area contributed by atoms with E-state index in [0.29, 0.717) is 11.5 Å². The number of benzene rings is 3. The second-order valence-corrected chi connectivity index (χ2v) is 8.57. The molecule has 28 heavy (non-hydrogen) atoms. The topological polar surface area (TPSA) is 52.6 Å². The molecule has 2 aliphatic rings. The average Bonchev–Trinajstić information content (AvgIpc) is 3.16. The predicted molar refractivity (Wildman–Crippen MR) is 110 cm³/mol. The van der Waals surface area contributed by atoms with Gasteiger partial charge in [0.05, 0.1) is 0 Å². The lowest BCUT2D eigenvalue weighted by Crippen LogP contribution is -2.12. The number of esters is 2. The fourth-order valence-electron chi connectivity index (χ4n) is 3.75. The van der Waals surface area contributed by atoms with Crippen LogP contribution in [0.15, 0.2) is 69.6 Å². The maximum Gasteiger partial charge on any atom is 0.323 e. The molecule has 0 fully saturated rings. The monoisotopic (exact) mass is 498 g/mol. The molecule has 2 atom stereocenters. The summed E-state index contributed by atoms with van der Waals surface area (Å²) in [6.45, 7) is 0. The molecule has 0 saturated heterocycles. The molecular weight excluding hydrogens is 488 g/mol. The second kappa shape index (κ2) is 6.57. The van der Waals surface area contributed by atoms with E-state index in [-0.39, 0.29) is 11.9 Å². The number of carbonyl (C=O) groups is 2. The van der Waals surface area contributed by atoms with Gasteiger partial charge in [-0.05, 0) is 47.5 Å². The van der Waals surface area contributed by atoms with Gasteiger partial charge in [-0.2, -0.15) is 0 Å². The molecular formula is C22H12Br2O4. The smallest absolute Gasteiger partial charge is 0.323 e. The minimum atomic E-state index is -0.529. The van der Waals surface area contributed by atoms with Crippen molar-refractivity contribution in [3.63, 3.8) is 0 Å². The second-order valence-electron chi connectivity index (χ2n) is 6.74. The lowest BCUT2D eigenvalue weighted by molar-refractivity contribution is -0.133. The number of hydrogen-bond donors (Lipinski definition) is 0. The standard InChI is InChI=1S/C22H12Br2O4/c23-13-5-1-11(2-6-13)19-15-9-18-16(10-17(15)27-21(19)25)20(22(26)28-18)12-3-7-14(24)8-4-12/h1-10,19-20H. The third-order valence-corrected chi connectivity index (χ3v) is 6.12. The number of rotatable bonds is 2. The SMILES string of the molecule is O=C1Oc2cc3c(cc2C1c1ccc(Br)cc1)OC(=O)C3c1ccc(Br)cc1. The van der Waals surface area contributed by atoms with E-state index in [9.17, 15) is 9.59 Å². The molecule has 0 saturated carbocycles. The Morgan fingerprint density at radius 1 is 0.607 bits per heavy atom. The van der Waals surface area contributed by atoms with Crippen LogP contribution in [0.2, 0.25) is 0 Å².